The second-order valence-electron chi connectivity index (χ2n) is 3.84. The highest BCUT2D eigenvalue weighted by Gasteiger charge is 2.10. The van der Waals surface area contributed by atoms with Gasteiger partial charge >= 0.3 is 0 Å². The third-order valence-corrected chi connectivity index (χ3v) is 3.63. The minimum Gasteiger partial charge on any atom is -0.494 e. The number of nitrogens with one attached hydrogen (secondary N) is 2. The SMILES string of the molecule is CCOc1cccc(NS(=O)(=O)CCCNC)c1. The molecule has 0 atom stereocenters. The first kappa shape index (κ1) is 14.8. The Balaban J connectivity index is 2.62. The maximum Gasteiger partial charge on any atom is 0.232 e. The zero-order valence-corrected chi connectivity index (χ0v) is 11.6. The Morgan fingerprint density at radius 3 is 2.78 bits per heavy atom. The molecule has 0 bridgehead atoms. The highest BCUT2D eigenvalue weighted by molar-refractivity contribution is 7.92. The van der Waals surface area contributed by atoms with Crippen molar-refractivity contribution in [2.24, 2.45) is 0 Å². The lowest BCUT2D eigenvalue weighted by Crippen LogP contribution is -2.20. The molecule has 0 aliphatic carbocycles. The molecule has 0 radical (unpaired) electrons. The first-order chi connectivity index (χ1) is 8.57. The third-order valence-electron chi connectivity index (χ3n) is 2.26. The molecular weight excluding hydrogens is 252 g/mol. The molecule has 1 rings (SSSR count). The molecule has 102 valence electrons. The Labute approximate surface area is 109 Å². The van der Waals surface area contributed by atoms with E-state index in [-0.39, 0.29) is 5.75 Å². The number of hydrogen-bond acceptors (Lipinski definition) is 4. The summed E-state index contributed by atoms with van der Waals surface area (Å²) in [5, 5.41) is 2.92. The zero-order valence-electron chi connectivity index (χ0n) is 10.8. The van der Waals surface area contributed by atoms with E-state index in [2.05, 4.69) is 10.0 Å². The minimum absolute atomic E-state index is 0.104. The first-order valence-corrected chi connectivity index (χ1v) is 7.60. The van der Waals surface area contributed by atoms with Crippen LogP contribution in [0.4, 0.5) is 5.69 Å². The monoisotopic (exact) mass is 272 g/mol. The van der Waals surface area contributed by atoms with Gasteiger partial charge in [0, 0.05) is 6.07 Å². The van der Waals surface area contributed by atoms with Gasteiger partial charge in [0.05, 0.1) is 18.0 Å². The van der Waals surface area contributed by atoms with Gasteiger partial charge in [0.15, 0.2) is 0 Å². The van der Waals surface area contributed by atoms with Gasteiger partial charge in [-0.3, -0.25) is 4.72 Å². The number of benzene rings is 1. The van der Waals surface area contributed by atoms with Crippen LogP contribution < -0.4 is 14.8 Å². The van der Waals surface area contributed by atoms with Gasteiger partial charge in [-0.15, -0.1) is 0 Å². The number of ether oxygens (including phenoxy) is 1. The molecule has 0 amide bonds. The van der Waals surface area contributed by atoms with E-state index in [4.69, 9.17) is 4.74 Å². The Hall–Kier alpha value is -1.27. The van der Waals surface area contributed by atoms with Crippen molar-refractivity contribution >= 4 is 15.7 Å². The highest BCUT2D eigenvalue weighted by Crippen LogP contribution is 2.18. The van der Waals surface area contributed by atoms with E-state index >= 15 is 0 Å². The van der Waals surface area contributed by atoms with Crippen LogP contribution in [0.5, 0.6) is 5.75 Å². The predicted octanol–water partition coefficient (Wildman–Crippen LogP) is 1.44. The summed E-state index contributed by atoms with van der Waals surface area (Å²) in [6.45, 7) is 3.12. The molecule has 0 saturated carbocycles. The van der Waals surface area contributed by atoms with Gasteiger partial charge in [-0.1, -0.05) is 6.07 Å². The van der Waals surface area contributed by atoms with Crippen LogP contribution in [0.2, 0.25) is 0 Å². The van der Waals surface area contributed by atoms with E-state index in [9.17, 15) is 8.42 Å². The summed E-state index contributed by atoms with van der Waals surface area (Å²) in [6.07, 6.45) is 0.580. The second-order valence-corrected chi connectivity index (χ2v) is 5.68. The largest absolute Gasteiger partial charge is 0.494 e. The molecule has 0 aliphatic heterocycles. The number of hydrogen-bond donors (Lipinski definition) is 2. The van der Waals surface area contributed by atoms with Gasteiger partial charge in [-0.2, -0.15) is 0 Å². The normalized spacial score (nSPS) is 11.2. The molecule has 18 heavy (non-hydrogen) atoms. The van der Waals surface area contributed by atoms with E-state index < -0.39 is 10.0 Å². The molecule has 0 heterocycles. The summed E-state index contributed by atoms with van der Waals surface area (Å²) in [6, 6.07) is 6.94. The molecule has 0 fully saturated rings. The molecule has 0 saturated heterocycles. The Bertz CT molecular complexity index is 460. The standard InChI is InChI=1S/C12H20N2O3S/c1-3-17-12-7-4-6-11(10-12)14-18(15,16)9-5-8-13-2/h4,6-7,10,13-14H,3,5,8-9H2,1-2H3. The first-order valence-electron chi connectivity index (χ1n) is 5.95. The summed E-state index contributed by atoms with van der Waals surface area (Å²) in [5.74, 6) is 0.764. The van der Waals surface area contributed by atoms with Gasteiger partial charge in [-0.05, 0) is 39.1 Å². The van der Waals surface area contributed by atoms with E-state index in [1.54, 1.807) is 31.3 Å². The Morgan fingerprint density at radius 1 is 1.33 bits per heavy atom. The molecule has 0 unspecified atom stereocenters. The van der Waals surface area contributed by atoms with Crippen molar-refractivity contribution in [3.63, 3.8) is 0 Å². The summed E-state index contributed by atoms with van der Waals surface area (Å²) in [7, 11) is -1.49. The summed E-state index contributed by atoms with van der Waals surface area (Å²) in [4.78, 5) is 0. The van der Waals surface area contributed by atoms with Crippen LogP contribution in [0.3, 0.4) is 0 Å². The van der Waals surface area contributed by atoms with Gasteiger partial charge in [0.1, 0.15) is 5.75 Å². The maximum atomic E-state index is 11.8. The molecule has 1 aromatic rings. The van der Waals surface area contributed by atoms with Gasteiger partial charge in [-0.25, -0.2) is 8.42 Å². The molecule has 0 aliphatic rings. The van der Waals surface area contributed by atoms with Crippen molar-refractivity contribution < 1.29 is 13.2 Å². The fraction of sp³-hybridized carbons (Fsp3) is 0.500. The maximum absolute atomic E-state index is 11.8. The van der Waals surface area contributed by atoms with Crippen molar-refractivity contribution in [1.82, 2.24) is 5.32 Å². The summed E-state index contributed by atoms with van der Waals surface area (Å²) >= 11 is 0. The van der Waals surface area contributed by atoms with Crippen LogP contribution in [0.15, 0.2) is 24.3 Å². The number of sulfonamides is 1. The second kappa shape index (κ2) is 7.23. The number of anilines is 1. The molecule has 5 nitrogen and oxygen atoms in total. The molecule has 1 aromatic carbocycles. The molecule has 0 spiro atoms. The van der Waals surface area contributed by atoms with Gasteiger partial charge in [0.2, 0.25) is 10.0 Å². The van der Waals surface area contributed by atoms with Crippen LogP contribution in [-0.2, 0) is 10.0 Å². The predicted molar refractivity (Wildman–Crippen MR) is 73.6 cm³/mol. The lowest BCUT2D eigenvalue weighted by Gasteiger charge is -2.09. The lowest BCUT2D eigenvalue weighted by molar-refractivity contribution is 0.340. The van der Waals surface area contributed by atoms with E-state index in [1.807, 2.05) is 6.92 Å². The van der Waals surface area contributed by atoms with Crippen LogP contribution >= 0.6 is 0 Å². The van der Waals surface area contributed by atoms with Crippen molar-refractivity contribution in [1.29, 1.82) is 0 Å². The minimum atomic E-state index is -3.28. The third kappa shape index (κ3) is 5.37. The molecule has 0 aromatic heterocycles. The van der Waals surface area contributed by atoms with Crippen LogP contribution in [-0.4, -0.2) is 34.4 Å². The van der Waals surface area contributed by atoms with Gasteiger partial charge in [0.25, 0.3) is 0 Å². The fourth-order valence-electron chi connectivity index (χ4n) is 1.49. The Kier molecular flexibility index (Phi) is 5.94. The molecule has 2 N–H and O–H groups in total. The van der Waals surface area contributed by atoms with Crippen LogP contribution in [0, 0.1) is 0 Å². The molecule has 6 heteroatoms. The van der Waals surface area contributed by atoms with E-state index in [0.717, 1.165) is 0 Å². The summed E-state index contributed by atoms with van der Waals surface area (Å²) in [5.41, 5.74) is 0.533. The number of rotatable bonds is 8. The zero-order chi connectivity index (χ0) is 13.4. The van der Waals surface area contributed by atoms with Crippen LogP contribution in [0.25, 0.3) is 0 Å². The fourth-order valence-corrected chi connectivity index (χ4v) is 2.60. The lowest BCUT2D eigenvalue weighted by atomic mass is 10.3. The quantitative estimate of drug-likeness (QED) is 0.703. The Morgan fingerprint density at radius 2 is 2.11 bits per heavy atom. The van der Waals surface area contributed by atoms with Crippen molar-refractivity contribution in [2.75, 3.05) is 30.7 Å². The topological polar surface area (TPSA) is 67.4 Å². The van der Waals surface area contributed by atoms with E-state index in [1.165, 1.54) is 0 Å². The van der Waals surface area contributed by atoms with Crippen molar-refractivity contribution in [3.8, 4) is 5.75 Å². The molecular formula is C12H20N2O3S. The average Bonchev–Trinajstić information content (AvgIpc) is 2.29. The average molecular weight is 272 g/mol. The smallest absolute Gasteiger partial charge is 0.232 e. The van der Waals surface area contributed by atoms with Crippen molar-refractivity contribution in [3.05, 3.63) is 24.3 Å². The van der Waals surface area contributed by atoms with Crippen molar-refractivity contribution in [2.45, 2.75) is 13.3 Å². The highest BCUT2D eigenvalue weighted by atomic mass is 32.2. The van der Waals surface area contributed by atoms with Gasteiger partial charge < -0.3 is 10.1 Å². The van der Waals surface area contributed by atoms with E-state index in [0.29, 0.717) is 31.0 Å². The summed E-state index contributed by atoms with van der Waals surface area (Å²) < 4.78 is 31.4. The van der Waals surface area contributed by atoms with Crippen LogP contribution in [0.1, 0.15) is 13.3 Å².